The van der Waals surface area contributed by atoms with Crippen LogP contribution in [0.2, 0.25) is 0 Å². The fourth-order valence-electron chi connectivity index (χ4n) is 2.61. The zero-order valence-electron chi connectivity index (χ0n) is 14.6. The van der Waals surface area contributed by atoms with Gasteiger partial charge in [0.1, 0.15) is 12.2 Å². The number of carbonyl (C=O) groups is 2. The van der Waals surface area contributed by atoms with Gasteiger partial charge in [0.15, 0.2) is 6.04 Å². The van der Waals surface area contributed by atoms with E-state index in [4.69, 9.17) is 14.9 Å². The van der Waals surface area contributed by atoms with Crippen molar-refractivity contribution in [1.29, 1.82) is 5.41 Å². The van der Waals surface area contributed by atoms with Crippen molar-refractivity contribution >= 4 is 18.3 Å². The summed E-state index contributed by atoms with van der Waals surface area (Å²) in [6.45, 7) is 5.22. The number of esters is 1. The predicted molar refractivity (Wildman–Crippen MR) is 91.2 cm³/mol. The van der Waals surface area contributed by atoms with Crippen LogP contribution in [0, 0.1) is 11.3 Å². The van der Waals surface area contributed by atoms with Gasteiger partial charge in [0.25, 0.3) is 0 Å². The molecule has 0 aromatic heterocycles. The first-order valence-corrected chi connectivity index (χ1v) is 8.12. The first-order chi connectivity index (χ1) is 11.7. The van der Waals surface area contributed by atoms with Gasteiger partial charge >= 0.3 is 12.1 Å². The maximum Gasteiger partial charge on any atom is 0.411 e. The van der Waals surface area contributed by atoms with E-state index in [1.54, 1.807) is 20.8 Å². The number of carbonyl (C=O) groups excluding carboxylic acids is 2. The Hall–Kier alpha value is -2.41. The number of benzene rings is 1. The number of likely N-dealkylation sites (tertiary alicyclic amines) is 1. The van der Waals surface area contributed by atoms with Crippen LogP contribution in [0.5, 0.6) is 0 Å². The molecule has 0 unspecified atom stereocenters. The van der Waals surface area contributed by atoms with E-state index in [-0.39, 0.29) is 13.2 Å². The number of rotatable bonds is 4. The Morgan fingerprint density at radius 2 is 1.96 bits per heavy atom. The molecule has 1 fully saturated rings. The number of amides is 1. The van der Waals surface area contributed by atoms with Gasteiger partial charge in [-0.3, -0.25) is 4.90 Å². The summed E-state index contributed by atoms with van der Waals surface area (Å²) in [5.41, 5.74) is 0.0688. The minimum absolute atomic E-state index is 0.0324. The number of ether oxygens (including phenoxy) is 2. The summed E-state index contributed by atoms with van der Waals surface area (Å²) in [5.74, 6) is -1.35. The van der Waals surface area contributed by atoms with E-state index in [1.807, 2.05) is 30.3 Å². The van der Waals surface area contributed by atoms with E-state index in [1.165, 1.54) is 0 Å². The van der Waals surface area contributed by atoms with Crippen molar-refractivity contribution in [2.45, 2.75) is 45.1 Å². The molecule has 2 rings (SSSR count). The minimum Gasteiger partial charge on any atom is -0.459 e. The van der Waals surface area contributed by atoms with Crippen molar-refractivity contribution in [1.82, 2.24) is 4.90 Å². The molecule has 1 amide bonds. The lowest BCUT2D eigenvalue weighted by atomic mass is 10.0. The van der Waals surface area contributed by atoms with Crippen molar-refractivity contribution in [3.63, 3.8) is 0 Å². The highest BCUT2D eigenvalue weighted by Crippen LogP contribution is 2.26. The van der Waals surface area contributed by atoms with E-state index in [2.05, 4.69) is 0 Å². The van der Waals surface area contributed by atoms with Crippen LogP contribution in [0.4, 0.5) is 4.79 Å². The lowest BCUT2D eigenvalue weighted by Crippen LogP contribution is -2.47. The number of hydrogen-bond donors (Lipinski definition) is 2. The summed E-state index contributed by atoms with van der Waals surface area (Å²) >= 11 is 0. The Morgan fingerprint density at radius 3 is 2.52 bits per heavy atom. The van der Waals surface area contributed by atoms with Crippen LogP contribution < -0.4 is 0 Å². The molecule has 1 heterocycles. The van der Waals surface area contributed by atoms with E-state index in [9.17, 15) is 14.7 Å². The van der Waals surface area contributed by atoms with Crippen LogP contribution in [0.3, 0.4) is 0 Å². The lowest BCUT2D eigenvalue weighted by Gasteiger charge is -2.28. The average Bonchev–Trinajstić information content (AvgIpc) is 2.89. The van der Waals surface area contributed by atoms with E-state index < -0.39 is 35.7 Å². The second-order valence-corrected chi connectivity index (χ2v) is 6.99. The highest BCUT2D eigenvalue weighted by Gasteiger charge is 2.48. The molecular weight excluding hydrogens is 324 g/mol. The van der Waals surface area contributed by atoms with Crippen LogP contribution in [-0.4, -0.2) is 52.6 Å². The van der Waals surface area contributed by atoms with Gasteiger partial charge in [-0.15, -0.1) is 0 Å². The fraction of sp³-hybridized carbons (Fsp3) is 0.500. The Labute approximate surface area is 147 Å². The molecule has 136 valence electrons. The Bertz CT molecular complexity index is 626. The molecule has 7 heteroatoms. The maximum absolute atomic E-state index is 12.5. The minimum atomic E-state index is -1.20. The number of aliphatic hydroxyl groups excluding tert-OH is 1. The number of nitrogens with zero attached hydrogens (tertiary/aromatic N) is 1. The number of hydrogen-bond acceptors (Lipinski definition) is 6. The predicted octanol–water partition coefficient (Wildman–Crippen LogP) is 1.98. The Balaban J connectivity index is 2.11. The van der Waals surface area contributed by atoms with Crippen molar-refractivity contribution in [2.24, 2.45) is 5.92 Å². The Morgan fingerprint density at radius 1 is 1.32 bits per heavy atom. The number of aliphatic hydroxyl groups is 1. The van der Waals surface area contributed by atoms with Crippen LogP contribution in [0.1, 0.15) is 26.3 Å². The first-order valence-electron chi connectivity index (χ1n) is 8.12. The second kappa shape index (κ2) is 7.65. The van der Waals surface area contributed by atoms with Crippen LogP contribution in [-0.2, 0) is 20.9 Å². The van der Waals surface area contributed by atoms with Gasteiger partial charge in [-0.1, -0.05) is 30.3 Å². The zero-order chi connectivity index (χ0) is 18.6. The molecule has 0 saturated carbocycles. The lowest BCUT2D eigenvalue weighted by molar-refractivity contribution is -0.153. The van der Waals surface area contributed by atoms with Crippen molar-refractivity contribution < 1.29 is 24.2 Å². The summed E-state index contributed by atoms with van der Waals surface area (Å²) in [7, 11) is 0. The molecule has 7 nitrogen and oxygen atoms in total. The molecule has 0 aliphatic carbocycles. The third-order valence-electron chi connectivity index (χ3n) is 3.81. The van der Waals surface area contributed by atoms with Gasteiger partial charge < -0.3 is 20.0 Å². The zero-order valence-corrected chi connectivity index (χ0v) is 14.6. The normalized spacial score (nSPS) is 23.2. The molecule has 0 spiro atoms. The van der Waals surface area contributed by atoms with Gasteiger partial charge in [-0.2, -0.15) is 0 Å². The molecule has 3 atom stereocenters. The van der Waals surface area contributed by atoms with Crippen LogP contribution in [0.25, 0.3) is 0 Å². The average molecular weight is 348 g/mol. The molecule has 2 N–H and O–H groups in total. The van der Waals surface area contributed by atoms with Gasteiger partial charge in [0.2, 0.25) is 0 Å². The molecule has 1 aromatic rings. The summed E-state index contributed by atoms with van der Waals surface area (Å²) < 4.78 is 10.6. The van der Waals surface area contributed by atoms with Crippen molar-refractivity contribution in [3.05, 3.63) is 35.9 Å². The summed E-state index contributed by atoms with van der Waals surface area (Å²) in [6, 6.07) is 7.93. The molecule has 0 radical (unpaired) electrons. The van der Waals surface area contributed by atoms with Gasteiger partial charge in [-0.05, 0) is 26.3 Å². The topological polar surface area (TPSA) is 99.9 Å². The molecule has 0 bridgehead atoms. The standard InChI is InChI=1S/C18H24N2O5/c1-18(2,3)25-17(23)20-10-13(9-19)15(21)14(20)16(22)24-11-12-7-5-4-6-8-12/h4-9,13-15,19,21H,10-11H2,1-3H3/t13-,14+,15+/m1/s1. The molecule has 1 aliphatic heterocycles. The second-order valence-electron chi connectivity index (χ2n) is 6.99. The molecule has 1 saturated heterocycles. The summed E-state index contributed by atoms with van der Waals surface area (Å²) in [5, 5.41) is 17.7. The van der Waals surface area contributed by atoms with Gasteiger partial charge in [0.05, 0.1) is 6.10 Å². The van der Waals surface area contributed by atoms with Gasteiger partial charge in [-0.25, -0.2) is 9.59 Å². The highest BCUT2D eigenvalue weighted by atomic mass is 16.6. The van der Waals surface area contributed by atoms with Crippen molar-refractivity contribution in [3.8, 4) is 0 Å². The third-order valence-corrected chi connectivity index (χ3v) is 3.81. The monoisotopic (exact) mass is 348 g/mol. The molecule has 25 heavy (non-hydrogen) atoms. The molecular formula is C18H24N2O5. The third kappa shape index (κ3) is 4.79. The SMILES string of the molecule is CC(C)(C)OC(=O)N1C[C@@H](C=N)[C@H](O)[C@H]1C(=O)OCc1ccccc1. The van der Waals surface area contributed by atoms with E-state index in [0.29, 0.717) is 0 Å². The Kier molecular flexibility index (Phi) is 5.79. The highest BCUT2D eigenvalue weighted by molar-refractivity contribution is 5.84. The van der Waals surface area contributed by atoms with E-state index in [0.717, 1.165) is 16.7 Å². The van der Waals surface area contributed by atoms with Crippen LogP contribution in [0.15, 0.2) is 30.3 Å². The first kappa shape index (κ1) is 18.9. The number of nitrogens with one attached hydrogen (secondary N) is 1. The molecule has 1 aliphatic rings. The quantitative estimate of drug-likeness (QED) is 0.640. The van der Waals surface area contributed by atoms with Crippen LogP contribution >= 0.6 is 0 Å². The maximum atomic E-state index is 12.5. The molecule has 1 aromatic carbocycles. The van der Waals surface area contributed by atoms with Gasteiger partial charge in [0, 0.05) is 18.7 Å². The van der Waals surface area contributed by atoms with E-state index >= 15 is 0 Å². The van der Waals surface area contributed by atoms with Crippen molar-refractivity contribution in [2.75, 3.05) is 6.54 Å². The smallest absolute Gasteiger partial charge is 0.411 e. The summed E-state index contributed by atoms with van der Waals surface area (Å²) in [4.78, 5) is 26.0. The fourth-order valence-corrected chi connectivity index (χ4v) is 2.61. The summed E-state index contributed by atoms with van der Waals surface area (Å²) in [6.07, 6.45) is -0.877. The largest absolute Gasteiger partial charge is 0.459 e.